The lowest BCUT2D eigenvalue weighted by Crippen LogP contribution is -2.04. The zero-order valence-electron chi connectivity index (χ0n) is 12.9. The number of halogens is 3. The van der Waals surface area contributed by atoms with E-state index in [1.165, 1.54) is 24.3 Å². The van der Waals surface area contributed by atoms with Gasteiger partial charge in [0.15, 0.2) is 5.78 Å². The van der Waals surface area contributed by atoms with Crippen LogP contribution < -0.4 is 0 Å². The highest BCUT2D eigenvalue weighted by Gasteiger charge is 2.29. The lowest BCUT2D eigenvalue weighted by molar-refractivity contribution is -0.137. The van der Waals surface area contributed by atoms with Gasteiger partial charge in [0.2, 0.25) is 0 Å². The molecular formula is C19H13F3N2O. The summed E-state index contributed by atoms with van der Waals surface area (Å²) in [4.78, 5) is 16.1. The Balaban J connectivity index is 1.70. The maximum Gasteiger partial charge on any atom is 0.416 e. The number of hydrogen-bond donors (Lipinski definition) is 0. The van der Waals surface area contributed by atoms with Gasteiger partial charge >= 0.3 is 6.18 Å². The Morgan fingerprint density at radius 2 is 1.68 bits per heavy atom. The SMILES string of the molecule is O=C(/C=C/c1ccc(C(F)(F)F)cc1)c1ccc(-n2ccnc2)cc1. The average Bonchev–Trinajstić information content (AvgIpc) is 3.14. The Kier molecular flexibility index (Phi) is 4.52. The number of aromatic nitrogens is 2. The summed E-state index contributed by atoms with van der Waals surface area (Å²) in [6.07, 6.45) is 3.57. The molecule has 0 amide bonds. The van der Waals surface area contributed by atoms with Gasteiger partial charge in [-0.1, -0.05) is 18.2 Å². The van der Waals surface area contributed by atoms with E-state index in [1.54, 1.807) is 43.0 Å². The fourth-order valence-corrected chi connectivity index (χ4v) is 2.26. The summed E-state index contributed by atoms with van der Waals surface area (Å²) < 4.78 is 39.3. The predicted molar refractivity (Wildman–Crippen MR) is 88.4 cm³/mol. The second-order valence-corrected chi connectivity index (χ2v) is 5.33. The van der Waals surface area contributed by atoms with Crippen LogP contribution in [0.1, 0.15) is 21.5 Å². The van der Waals surface area contributed by atoms with Crippen LogP contribution in [-0.2, 0) is 6.18 Å². The first kappa shape index (κ1) is 16.7. The molecule has 3 rings (SSSR count). The van der Waals surface area contributed by atoms with E-state index in [9.17, 15) is 18.0 Å². The maximum atomic E-state index is 12.5. The molecule has 0 aliphatic rings. The largest absolute Gasteiger partial charge is 0.416 e. The summed E-state index contributed by atoms with van der Waals surface area (Å²) in [5.74, 6) is -0.225. The van der Waals surface area contributed by atoms with Gasteiger partial charge in [0.05, 0.1) is 11.9 Å². The van der Waals surface area contributed by atoms with Crippen LogP contribution in [0.3, 0.4) is 0 Å². The first-order valence-electron chi connectivity index (χ1n) is 7.41. The molecule has 0 saturated carbocycles. The molecule has 0 bridgehead atoms. The smallest absolute Gasteiger partial charge is 0.306 e. The minimum Gasteiger partial charge on any atom is -0.306 e. The zero-order chi connectivity index (χ0) is 17.9. The number of hydrogen-bond acceptors (Lipinski definition) is 2. The second kappa shape index (κ2) is 6.76. The number of nitrogens with zero attached hydrogens (tertiary/aromatic N) is 2. The van der Waals surface area contributed by atoms with Crippen LogP contribution in [-0.4, -0.2) is 15.3 Å². The van der Waals surface area contributed by atoms with Crippen LogP contribution >= 0.6 is 0 Å². The van der Waals surface area contributed by atoms with E-state index < -0.39 is 11.7 Å². The first-order valence-corrected chi connectivity index (χ1v) is 7.41. The summed E-state index contributed by atoms with van der Waals surface area (Å²) in [6.45, 7) is 0. The topological polar surface area (TPSA) is 34.9 Å². The molecule has 0 fully saturated rings. The van der Waals surface area contributed by atoms with Crippen LogP contribution in [0.2, 0.25) is 0 Å². The van der Waals surface area contributed by atoms with E-state index in [1.807, 2.05) is 4.57 Å². The fraction of sp³-hybridized carbons (Fsp3) is 0.0526. The molecule has 1 aromatic heterocycles. The molecule has 0 unspecified atom stereocenters. The summed E-state index contributed by atoms with van der Waals surface area (Å²) in [5, 5.41) is 0. The number of carbonyl (C=O) groups excluding carboxylic acids is 1. The number of alkyl halides is 3. The Morgan fingerprint density at radius 1 is 1.00 bits per heavy atom. The Hall–Kier alpha value is -3.15. The molecule has 1 heterocycles. The predicted octanol–water partition coefficient (Wildman–Crippen LogP) is 4.79. The first-order chi connectivity index (χ1) is 11.9. The van der Waals surface area contributed by atoms with Gasteiger partial charge in [-0.05, 0) is 48.0 Å². The van der Waals surface area contributed by atoms with Gasteiger partial charge in [-0.15, -0.1) is 0 Å². The van der Waals surface area contributed by atoms with Gasteiger partial charge in [-0.25, -0.2) is 4.98 Å². The number of carbonyl (C=O) groups is 1. The highest BCUT2D eigenvalue weighted by molar-refractivity contribution is 6.06. The highest BCUT2D eigenvalue weighted by atomic mass is 19.4. The van der Waals surface area contributed by atoms with Crippen LogP contribution in [0.25, 0.3) is 11.8 Å². The number of benzene rings is 2. The molecule has 6 heteroatoms. The van der Waals surface area contributed by atoms with Crippen molar-refractivity contribution in [3.05, 3.63) is 90.0 Å². The minimum atomic E-state index is -4.37. The van der Waals surface area contributed by atoms with Crippen molar-refractivity contribution in [2.24, 2.45) is 0 Å². The zero-order valence-corrected chi connectivity index (χ0v) is 12.9. The van der Waals surface area contributed by atoms with Gasteiger partial charge in [0, 0.05) is 23.6 Å². The quantitative estimate of drug-likeness (QED) is 0.505. The van der Waals surface area contributed by atoms with E-state index in [2.05, 4.69) is 4.98 Å². The summed E-state index contributed by atoms with van der Waals surface area (Å²) in [6, 6.07) is 11.6. The molecule has 2 aromatic carbocycles. The standard InChI is InChI=1S/C19H13F3N2O/c20-19(21,22)16-6-1-14(2-7-16)3-10-18(25)15-4-8-17(9-5-15)24-12-11-23-13-24/h1-13H/b10-3+. The Bertz CT molecular complexity index is 878. The summed E-state index contributed by atoms with van der Waals surface area (Å²) >= 11 is 0. The number of rotatable bonds is 4. The molecule has 3 aromatic rings. The van der Waals surface area contributed by atoms with E-state index in [4.69, 9.17) is 0 Å². The van der Waals surface area contributed by atoms with Crippen molar-refractivity contribution < 1.29 is 18.0 Å². The molecule has 0 aliphatic carbocycles. The molecule has 0 atom stereocenters. The van der Waals surface area contributed by atoms with Crippen molar-refractivity contribution in [1.82, 2.24) is 9.55 Å². The molecule has 0 saturated heterocycles. The lowest BCUT2D eigenvalue weighted by atomic mass is 10.1. The van der Waals surface area contributed by atoms with Crippen LogP contribution in [0.4, 0.5) is 13.2 Å². The van der Waals surface area contributed by atoms with Crippen molar-refractivity contribution in [1.29, 1.82) is 0 Å². The molecule has 126 valence electrons. The van der Waals surface area contributed by atoms with Crippen molar-refractivity contribution in [3.8, 4) is 5.69 Å². The van der Waals surface area contributed by atoms with Crippen LogP contribution in [0, 0.1) is 0 Å². The third-order valence-electron chi connectivity index (χ3n) is 3.62. The van der Waals surface area contributed by atoms with Gasteiger partial charge in [0.1, 0.15) is 0 Å². The fourth-order valence-electron chi connectivity index (χ4n) is 2.26. The van der Waals surface area contributed by atoms with Crippen LogP contribution in [0.15, 0.2) is 73.3 Å². The number of allylic oxidation sites excluding steroid dienone is 1. The van der Waals surface area contributed by atoms with E-state index in [-0.39, 0.29) is 5.78 Å². The van der Waals surface area contributed by atoms with E-state index in [0.29, 0.717) is 11.1 Å². The normalized spacial score (nSPS) is 11.8. The maximum absolute atomic E-state index is 12.5. The monoisotopic (exact) mass is 342 g/mol. The number of ketones is 1. The lowest BCUT2D eigenvalue weighted by Gasteiger charge is -2.06. The van der Waals surface area contributed by atoms with Crippen molar-refractivity contribution in [3.63, 3.8) is 0 Å². The van der Waals surface area contributed by atoms with Crippen molar-refractivity contribution in [2.45, 2.75) is 6.18 Å². The van der Waals surface area contributed by atoms with E-state index in [0.717, 1.165) is 17.8 Å². The van der Waals surface area contributed by atoms with Crippen molar-refractivity contribution >= 4 is 11.9 Å². The molecular weight excluding hydrogens is 329 g/mol. The highest BCUT2D eigenvalue weighted by Crippen LogP contribution is 2.29. The molecule has 0 N–H and O–H groups in total. The van der Waals surface area contributed by atoms with Gasteiger partial charge in [-0.2, -0.15) is 13.2 Å². The van der Waals surface area contributed by atoms with Crippen LogP contribution in [0.5, 0.6) is 0 Å². The summed E-state index contributed by atoms with van der Waals surface area (Å²) in [5.41, 5.74) is 1.18. The summed E-state index contributed by atoms with van der Waals surface area (Å²) in [7, 11) is 0. The van der Waals surface area contributed by atoms with E-state index >= 15 is 0 Å². The molecule has 0 spiro atoms. The third kappa shape index (κ3) is 4.03. The van der Waals surface area contributed by atoms with Gasteiger partial charge in [-0.3, -0.25) is 4.79 Å². The Labute approximate surface area is 142 Å². The third-order valence-corrected chi connectivity index (χ3v) is 3.62. The van der Waals surface area contributed by atoms with Gasteiger partial charge < -0.3 is 4.57 Å². The minimum absolute atomic E-state index is 0.225. The average molecular weight is 342 g/mol. The molecule has 0 aliphatic heterocycles. The molecule has 3 nitrogen and oxygen atoms in total. The molecule has 0 radical (unpaired) electrons. The second-order valence-electron chi connectivity index (χ2n) is 5.33. The molecule has 25 heavy (non-hydrogen) atoms. The van der Waals surface area contributed by atoms with Crippen molar-refractivity contribution in [2.75, 3.05) is 0 Å². The van der Waals surface area contributed by atoms with Gasteiger partial charge in [0.25, 0.3) is 0 Å². The Morgan fingerprint density at radius 3 is 2.24 bits per heavy atom. The number of imidazole rings is 1.